The normalized spacial score (nSPS) is 19.1. The highest BCUT2D eigenvalue weighted by molar-refractivity contribution is 6.31. The second-order valence-electron chi connectivity index (χ2n) is 5.45. The summed E-state index contributed by atoms with van der Waals surface area (Å²) in [7, 11) is 0. The van der Waals surface area contributed by atoms with Crippen molar-refractivity contribution in [3.63, 3.8) is 0 Å². The number of fused-ring (bicyclic) bond motifs is 1. The summed E-state index contributed by atoms with van der Waals surface area (Å²) in [6.07, 6.45) is 2.72. The van der Waals surface area contributed by atoms with Crippen molar-refractivity contribution in [2.75, 3.05) is 0 Å². The Morgan fingerprint density at radius 2 is 2.11 bits per heavy atom. The number of halogens is 1. The summed E-state index contributed by atoms with van der Waals surface area (Å²) < 4.78 is 1.94. The van der Waals surface area contributed by atoms with Crippen LogP contribution < -0.4 is 5.73 Å². The summed E-state index contributed by atoms with van der Waals surface area (Å²) in [6.45, 7) is 4.18. The highest BCUT2D eigenvalue weighted by Crippen LogP contribution is 2.43. The van der Waals surface area contributed by atoms with Gasteiger partial charge in [-0.1, -0.05) is 35.9 Å². The lowest BCUT2D eigenvalue weighted by molar-refractivity contribution is 0.432. The van der Waals surface area contributed by atoms with E-state index in [9.17, 15) is 0 Å². The quantitative estimate of drug-likeness (QED) is 0.932. The van der Waals surface area contributed by atoms with E-state index in [0.29, 0.717) is 10.9 Å². The molecule has 1 aliphatic carbocycles. The Labute approximate surface area is 118 Å². The highest BCUT2D eigenvalue weighted by atomic mass is 35.5. The zero-order chi connectivity index (χ0) is 13.6. The molecule has 4 heteroatoms. The molecule has 0 saturated heterocycles. The van der Waals surface area contributed by atoms with Gasteiger partial charge >= 0.3 is 0 Å². The molecule has 2 N–H and O–H groups in total. The van der Waals surface area contributed by atoms with E-state index in [1.54, 1.807) is 6.20 Å². The van der Waals surface area contributed by atoms with Gasteiger partial charge in [0.2, 0.25) is 0 Å². The second kappa shape index (κ2) is 4.66. The van der Waals surface area contributed by atoms with Crippen LogP contribution in [0.15, 0.2) is 30.5 Å². The van der Waals surface area contributed by atoms with E-state index in [1.165, 1.54) is 11.1 Å². The van der Waals surface area contributed by atoms with E-state index in [-0.39, 0.29) is 12.1 Å². The summed E-state index contributed by atoms with van der Waals surface area (Å²) in [6, 6.07) is 8.65. The van der Waals surface area contributed by atoms with E-state index in [0.717, 1.165) is 12.1 Å². The molecule has 0 spiro atoms. The molecule has 0 saturated carbocycles. The Bertz CT molecular complexity index is 603. The number of rotatable bonds is 3. The minimum atomic E-state index is -0.0905. The van der Waals surface area contributed by atoms with Gasteiger partial charge in [-0.2, -0.15) is 5.10 Å². The van der Waals surface area contributed by atoms with E-state index in [1.807, 2.05) is 4.68 Å². The maximum absolute atomic E-state index is 6.45. The van der Waals surface area contributed by atoms with E-state index in [4.69, 9.17) is 17.3 Å². The Kier molecular flexibility index (Phi) is 3.11. The number of aromatic nitrogens is 2. The first-order valence-corrected chi connectivity index (χ1v) is 7.03. The van der Waals surface area contributed by atoms with Crippen molar-refractivity contribution in [2.24, 2.45) is 5.73 Å². The van der Waals surface area contributed by atoms with Crippen molar-refractivity contribution in [2.45, 2.75) is 38.3 Å². The topological polar surface area (TPSA) is 43.8 Å². The molecule has 3 rings (SSSR count). The molecule has 0 radical (unpaired) electrons. The smallest absolute Gasteiger partial charge is 0.0834 e. The Morgan fingerprint density at radius 1 is 1.37 bits per heavy atom. The summed E-state index contributed by atoms with van der Waals surface area (Å²) in [4.78, 5) is 0. The summed E-state index contributed by atoms with van der Waals surface area (Å²) >= 11 is 6.27. The van der Waals surface area contributed by atoms with Crippen molar-refractivity contribution in [1.29, 1.82) is 0 Å². The fourth-order valence-corrected chi connectivity index (χ4v) is 3.14. The Balaban J connectivity index is 1.94. The molecule has 100 valence electrons. The van der Waals surface area contributed by atoms with Crippen LogP contribution in [0, 0.1) is 0 Å². The average molecular weight is 276 g/mol. The number of hydrogen-bond donors (Lipinski definition) is 1. The number of nitrogens with two attached hydrogens (primary N) is 1. The van der Waals surface area contributed by atoms with Gasteiger partial charge in [0.15, 0.2) is 0 Å². The zero-order valence-electron chi connectivity index (χ0n) is 11.2. The van der Waals surface area contributed by atoms with Gasteiger partial charge in [0.05, 0.1) is 23.0 Å². The van der Waals surface area contributed by atoms with Crippen LogP contribution in [0.2, 0.25) is 5.02 Å². The van der Waals surface area contributed by atoms with E-state index >= 15 is 0 Å². The first-order valence-electron chi connectivity index (χ1n) is 6.66. The van der Waals surface area contributed by atoms with E-state index < -0.39 is 0 Å². The van der Waals surface area contributed by atoms with Crippen LogP contribution in [-0.4, -0.2) is 9.78 Å². The lowest BCUT2D eigenvalue weighted by atomic mass is 9.73. The van der Waals surface area contributed by atoms with Gasteiger partial charge in [0, 0.05) is 12.0 Å². The average Bonchev–Trinajstić information content (AvgIpc) is 2.72. The first-order chi connectivity index (χ1) is 9.09. The first kappa shape index (κ1) is 12.7. The fraction of sp³-hybridized carbons (Fsp3) is 0.400. The van der Waals surface area contributed by atoms with Crippen LogP contribution in [0.4, 0.5) is 0 Å². The predicted octanol–water partition coefficient (Wildman–Crippen LogP) is 3.46. The van der Waals surface area contributed by atoms with Crippen LogP contribution in [-0.2, 0) is 6.42 Å². The lowest BCUT2D eigenvalue weighted by Crippen LogP contribution is -2.31. The maximum atomic E-state index is 6.45. The summed E-state index contributed by atoms with van der Waals surface area (Å²) in [5.74, 6) is 0.350. The number of hydrogen-bond acceptors (Lipinski definition) is 2. The van der Waals surface area contributed by atoms with Gasteiger partial charge in [-0.3, -0.25) is 4.68 Å². The molecule has 0 fully saturated rings. The zero-order valence-corrected chi connectivity index (χ0v) is 11.9. The van der Waals surface area contributed by atoms with Crippen molar-refractivity contribution < 1.29 is 0 Å². The molecule has 0 aliphatic heterocycles. The van der Waals surface area contributed by atoms with Gasteiger partial charge in [0.25, 0.3) is 0 Å². The Hall–Kier alpha value is -1.32. The molecule has 19 heavy (non-hydrogen) atoms. The standard InChI is InChI=1S/C15H18ClN3/c1-9(2)19-15(13(16)8-18-19)14(17)12-7-10-5-3-4-6-11(10)12/h3-6,8-9,12,14H,7,17H2,1-2H3. The van der Waals surface area contributed by atoms with Gasteiger partial charge in [-0.15, -0.1) is 0 Å². The molecule has 1 aromatic carbocycles. The molecule has 2 atom stereocenters. The highest BCUT2D eigenvalue weighted by Gasteiger charge is 2.34. The van der Waals surface area contributed by atoms with Gasteiger partial charge in [0.1, 0.15) is 0 Å². The minimum absolute atomic E-state index is 0.0905. The second-order valence-corrected chi connectivity index (χ2v) is 5.86. The molecule has 0 bridgehead atoms. The van der Waals surface area contributed by atoms with Crippen LogP contribution in [0.5, 0.6) is 0 Å². The minimum Gasteiger partial charge on any atom is -0.322 e. The molecule has 2 unspecified atom stereocenters. The molecule has 1 aliphatic rings. The van der Waals surface area contributed by atoms with Gasteiger partial charge in [-0.05, 0) is 31.4 Å². The molecule has 0 amide bonds. The van der Waals surface area contributed by atoms with Crippen LogP contribution in [0.25, 0.3) is 0 Å². The van der Waals surface area contributed by atoms with Gasteiger partial charge in [-0.25, -0.2) is 0 Å². The van der Waals surface area contributed by atoms with Crippen molar-refractivity contribution in [3.05, 3.63) is 52.3 Å². The number of nitrogens with zero attached hydrogens (tertiary/aromatic N) is 2. The monoisotopic (exact) mass is 275 g/mol. The van der Waals surface area contributed by atoms with Crippen molar-refractivity contribution in [1.82, 2.24) is 9.78 Å². The summed E-state index contributed by atoms with van der Waals surface area (Å²) in [5, 5.41) is 5.01. The third kappa shape index (κ3) is 1.97. The maximum Gasteiger partial charge on any atom is 0.0834 e. The van der Waals surface area contributed by atoms with Crippen LogP contribution in [0.3, 0.4) is 0 Å². The van der Waals surface area contributed by atoms with Crippen LogP contribution in [0.1, 0.15) is 48.7 Å². The van der Waals surface area contributed by atoms with Gasteiger partial charge < -0.3 is 5.73 Å². The van der Waals surface area contributed by atoms with E-state index in [2.05, 4.69) is 43.2 Å². The molecular formula is C15H18ClN3. The lowest BCUT2D eigenvalue weighted by Gasteiger charge is -2.35. The molecule has 1 heterocycles. The molecular weight excluding hydrogens is 258 g/mol. The fourth-order valence-electron chi connectivity index (χ4n) is 2.88. The molecule has 3 nitrogen and oxygen atoms in total. The van der Waals surface area contributed by atoms with Crippen molar-refractivity contribution in [3.8, 4) is 0 Å². The third-order valence-corrected chi connectivity index (χ3v) is 4.21. The largest absolute Gasteiger partial charge is 0.322 e. The van der Waals surface area contributed by atoms with Crippen LogP contribution >= 0.6 is 11.6 Å². The number of benzene rings is 1. The van der Waals surface area contributed by atoms with Crippen molar-refractivity contribution >= 4 is 11.6 Å². The third-order valence-electron chi connectivity index (χ3n) is 3.92. The predicted molar refractivity (Wildman–Crippen MR) is 77.4 cm³/mol. The summed E-state index contributed by atoms with van der Waals surface area (Å²) in [5.41, 5.74) is 10.2. The molecule has 1 aromatic heterocycles. The molecule has 2 aromatic rings. The SMILES string of the molecule is CC(C)n1ncc(Cl)c1C(N)C1Cc2ccccc21. The Morgan fingerprint density at radius 3 is 2.79 bits per heavy atom.